The molecule has 0 radical (unpaired) electrons. The Morgan fingerprint density at radius 3 is 2.94 bits per heavy atom. The molecular formula is C15H21N. The average Bonchev–Trinajstić information content (AvgIpc) is 2.32. The molecule has 0 fully saturated rings. The van der Waals surface area contributed by atoms with Crippen LogP contribution in [0.25, 0.3) is 0 Å². The molecule has 1 aliphatic heterocycles. The first kappa shape index (κ1) is 11.3. The van der Waals surface area contributed by atoms with Crippen molar-refractivity contribution in [2.24, 2.45) is 5.92 Å². The Labute approximate surface area is 98.6 Å². The molecule has 0 saturated heterocycles. The Morgan fingerprint density at radius 1 is 1.38 bits per heavy atom. The van der Waals surface area contributed by atoms with E-state index in [0.29, 0.717) is 12.0 Å². The SMILES string of the molecule is C/C=C\C=C1/NC(C)C(C)C2=C1CCC=C2. The predicted octanol–water partition coefficient (Wildman–Crippen LogP) is 3.72. The molecule has 0 aromatic carbocycles. The van der Waals surface area contributed by atoms with Crippen molar-refractivity contribution in [3.8, 4) is 0 Å². The van der Waals surface area contributed by atoms with E-state index in [0.717, 1.165) is 0 Å². The molecule has 16 heavy (non-hydrogen) atoms. The van der Waals surface area contributed by atoms with E-state index >= 15 is 0 Å². The van der Waals surface area contributed by atoms with Crippen molar-refractivity contribution >= 4 is 0 Å². The van der Waals surface area contributed by atoms with Crippen LogP contribution in [0.4, 0.5) is 0 Å². The molecule has 2 unspecified atom stereocenters. The van der Waals surface area contributed by atoms with E-state index in [9.17, 15) is 0 Å². The molecule has 1 aliphatic carbocycles. The van der Waals surface area contributed by atoms with E-state index in [2.05, 4.69) is 56.5 Å². The van der Waals surface area contributed by atoms with Crippen LogP contribution >= 0.6 is 0 Å². The van der Waals surface area contributed by atoms with E-state index in [4.69, 9.17) is 0 Å². The molecule has 2 aliphatic rings. The number of hydrogen-bond acceptors (Lipinski definition) is 1. The molecule has 0 spiro atoms. The third-order valence-electron chi connectivity index (χ3n) is 3.61. The second-order valence-electron chi connectivity index (χ2n) is 4.70. The van der Waals surface area contributed by atoms with Crippen molar-refractivity contribution in [2.75, 3.05) is 0 Å². The van der Waals surface area contributed by atoms with Crippen LogP contribution in [-0.2, 0) is 0 Å². The van der Waals surface area contributed by atoms with Crippen LogP contribution in [-0.4, -0.2) is 6.04 Å². The maximum Gasteiger partial charge on any atom is 0.0377 e. The minimum atomic E-state index is 0.526. The number of rotatable bonds is 1. The first-order chi connectivity index (χ1) is 7.74. The topological polar surface area (TPSA) is 12.0 Å². The van der Waals surface area contributed by atoms with Crippen LogP contribution in [0.2, 0.25) is 0 Å². The van der Waals surface area contributed by atoms with Gasteiger partial charge in [0.2, 0.25) is 0 Å². The average molecular weight is 215 g/mol. The van der Waals surface area contributed by atoms with Gasteiger partial charge in [-0.2, -0.15) is 0 Å². The van der Waals surface area contributed by atoms with Gasteiger partial charge in [-0.1, -0.05) is 31.2 Å². The Kier molecular flexibility index (Phi) is 3.33. The summed E-state index contributed by atoms with van der Waals surface area (Å²) in [6.07, 6.45) is 13.4. The molecule has 0 aromatic rings. The highest BCUT2D eigenvalue weighted by Crippen LogP contribution is 2.34. The third-order valence-corrected chi connectivity index (χ3v) is 3.61. The highest BCUT2D eigenvalue weighted by molar-refractivity contribution is 5.47. The van der Waals surface area contributed by atoms with E-state index < -0.39 is 0 Å². The zero-order chi connectivity index (χ0) is 11.5. The third kappa shape index (κ3) is 1.99. The summed E-state index contributed by atoms with van der Waals surface area (Å²) in [6, 6.07) is 0.526. The van der Waals surface area contributed by atoms with Gasteiger partial charge in [-0.3, -0.25) is 0 Å². The second kappa shape index (κ2) is 4.73. The van der Waals surface area contributed by atoms with Crippen molar-refractivity contribution in [3.63, 3.8) is 0 Å². The quantitative estimate of drug-likeness (QED) is 0.703. The van der Waals surface area contributed by atoms with Gasteiger partial charge >= 0.3 is 0 Å². The summed E-state index contributed by atoms with van der Waals surface area (Å²) in [5, 5.41) is 3.62. The van der Waals surface area contributed by atoms with Gasteiger partial charge in [0.05, 0.1) is 0 Å². The van der Waals surface area contributed by atoms with Crippen molar-refractivity contribution in [2.45, 2.75) is 39.7 Å². The van der Waals surface area contributed by atoms with Crippen molar-refractivity contribution in [1.29, 1.82) is 0 Å². The second-order valence-corrected chi connectivity index (χ2v) is 4.70. The molecule has 0 bridgehead atoms. The molecule has 1 heterocycles. The lowest BCUT2D eigenvalue weighted by molar-refractivity contribution is 0.461. The lowest BCUT2D eigenvalue weighted by atomic mass is 9.81. The molecule has 2 atom stereocenters. The minimum Gasteiger partial charge on any atom is -0.382 e. The van der Waals surface area contributed by atoms with Gasteiger partial charge in [-0.25, -0.2) is 0 Å². The molecule has 1 N–H and O–H groups in total. The van der Waals surface area contributed by atoms with Gasteiger partial charge < -0.3 is 5.32 Å². The molecule has 86 valence electrons. The number of nitrogens with one attached hydrogen (secondary N) is 1. The molecular weight excluding hydrogens is 194 g/mol. The monoisotopic (exact) mass is 215 g/mol. The van der Waals surface area contributed by atoms with Gasteiger partial charge in [-0.15, -0.1) is 0 Å². The van der Waals surface area contributed by atoms with E-state index in [1.807, 2.05) is 0 Å². The predicted molar refractivity (Wildman–Crippen MR) is 70.1 cm³/mol. The van der Waals surface area contributed by atoms with Crippen molar-refractivity contribution < 1.29 is 0 Å². The van der Waals surface area contributed by atoms with Crippen LogP contribution in [0.3, 0.4) is 0 Å². The largest absolute Gasteiger partial charge is 0.382 e. The maximum absolute atomic E-state index is 3.62. The van der Waals surface area contributed by atoms with Gasteiger partial charge in [0.1, 0.15) is 0 Å². The lowest BCUT2D eigenvalue weighted by Gasteiger charge is -2.35. The summed E-state index contributed by atoms with van der Waals surface area (Å²) in [5.41, 5.74) is 4.38. The number of hydrogen-bond donors (Lipinski definition) is 1. The summed E-state index contributed by atoms with van der Waals surface area (Å²) in [6.45, 7) is 6.64. The molecule has 0 saturated carbocycles. The standard InChI is InChI=1S/C15H21N/c1-4-5-10-15-14-9-7-6-8-13(14)11(2)12(3)16-15/h4-6,8,10-12,16H,7,9H2,1-3H3/b5-4-,15-10-. The zero-order valence-electron chi connectivity index (χ0n) is 10.5. The normalized spacial score (nSPS) is 32.1. The minimum absolute atomic E-state index is 0.526. The Bertz CT molecular complexity index is 382. The van der Waals surface area contributed by atoms with Gasteiger partial charge in [-0.05, 0) is 43.9 Å². The summed E-state index contributed by atoms with van der Waals surface area (Å²) < 4.78 is 0. The molecule has 0 amide bonds. The Balaban J connectivity index is 2.41. The van der Waals surface area contributed by atoms with Gasteiger partial charge in [0, 0.05) is 17.7 Å². The number of allylic oxidation sites excluding steroid dienone is 6. The van der Waals surface area contributed by atoms with Crippen molar-refractivity contribution in [1.82, 2.24) is 5.32 Å². The Morgan fingerprint density at radius 2 is 2.19 bits per heavy atom. The van der Waals surface area contributed by atoms with Crippen LogP contribution < -0.4 is 5.32 Å². The van der Waals surface area contributed by atoms with Gasteiger partial charge in [0.25, 0.3) is 0 Å². The summed E-state index contributed by atoms with van der Waals surface area (Å²) in [4.78, 5) is 0. The molecule has 1 nitrogen and oxygen atoms in total. The fraction of sp³-hybridized carbons (Fsp3) is 0.467. The smallest absolute Gasteiger partial charge is 0.0377 e. The molecule has 0 aromatic heterocycles. The van der Waals surface area contributed by atoms with Crippen LogP contribution in [0.1, 0.15) is 33.6 Å². The zero-order valence-corrected chi connectivity index (χ0v) is 10.5. The van der Waals surface area contributed by atoms with Crippen molar-refractivity contribution in [3.05, 3.63) is 47.2 Å². The van der Waals surface area contributed by atoms with Crippen LogP contribution in [0.15, 0.2) is 47.2 Å². The van der Waals surface area contributed by atoms with Gasteiger partial charge in [0.15, 0.2) is 0 Å². The highest BCUT2D eigenvalue weighted by atomic mass is 14.9. The first-order valence-electron chi connectivity index (χ1n) is 6.23. The first-order valence-corrected chi connectivity index (χ1v) is 6.23. The maximum atomic E-state index is 3.62. The fourth-order valence-electron chi connectivity index (χ4n) is 2.47. The Hall–Kier alpha value is -1.24. The summed E-state index contributed by atoms with van der Waals surface area (Å²) in [7, 11) is 0. The van der Waals surface area contributed by atoms with E-state index in [1.165, 1.54) is 29.7 Å². The molecule has 1 heteroatoms. The fourth-order valence-corrected chi connectivity index (χ4v) is 2.47. The van der Waals surface area contributed by atoms with E-state index in [-0.39, 0.29) is 0 Å². The molecule has 2 rings (SSSR count). The van der Waals surface area contributed by atoms with Crippen LogP contribution in [0, 0.1) is 5.92 Å². The lowest BCUT2D eigenvalue weighted by Crippen LogP contribution is -2.38. The van der Waals surface area contributed by atoms with E-state index in [1.54, 1.807) is 0 Å². The summed E-state index contributed by atoms with van der Waals surface area (Å²) >= 11 is 0. The summed E-state index contributed by atoms with van der Waals surface area (Å²) in [5.74, 6) is 0.620. The highest BCUT2D eigenvalue weighted by Gasteiger charge is 2.27. The van der Waals surface area contributed by atoms with Crippen LogP contribution in [0.5, 0.6) is 0 Å².